The van der Waals surface area contributed by atoms with Gasteiger partial charge < -0.3 is 19.9 Å². The lowest BCUT2D eigenvalue weighted by atomic mass is 9.92. The monoisotopic (exact) mass is 731 g/mol. The molecule has 1 fully saturated rings. The van der Waals surface area contributed by atoms with Crippen LogP contribution in [0.25, 0.3) is 10.8 Å². The molecule has 0 aliphatic carbocycles. The maximum Gasteiger partial charge on any atom is 0.350 e. The van der Waals surface area contributed by atoms with Crippen LogP contribution in [0.3, 0.4) is 0 Å². The number of carbonyl (C=O) groups excluding carboxylic acids is 4. The number of rotatable bonds is 9. The number of imide groups is 1. The number of nitrogens with zero attached hydrogens (tertiary/aromatic N) is 4. The molecule has 0 saturated carbocycles. The molecule has 1 aliphatic rings. The number of nitro benzene ring substituents is 1. The molecule has 0 spiro atoms. The van der Waals surface area contributed by atoms with Crippen molar-refractivity contribution in [3.8, 4) is 17.2 Å². The molecule has 0 bridgehead atoms. The van der Waals surface area contributed by atoms with E-state index in [9.17, 15) is 34.4 Å². The Bertz CT molecular complexity index is 2330. The minimum absolute atomic E-state index is 0.0209. The molecule has 5 aromatic rings. The first-order chi connectivity index (χ1) is 25.7. The minimum Gasteiger partial charge on any atom is -0.506 e. The molecule has 0 radical (unpaired) electrons. The zero-order valence-electron chi connectivity index (χ0n) is 30.2. The van der Waals surface area contributed by atoms with Crippen LogP contribution in [0.2, 0.25) is 0 Å². The van der Waals surface area contributed by atoms with Crippen LogP contribution in [0.5, 0.6) is 17.2 Å². The predicted octanol–water partition coefficient (Wildman–Crippen LogP) is 7.50. The van der Waals surface area contributed by atoms with Crippen LogP contribution in [-0.2, 0) is 14.3 Å². The topological polar surface area (TPSA) is 172 Å². The van der Waals surface area contributed by atoms with Crippen LogP contribution in [0.15, 0.2) is 97.1 Å². The van der Waals surface area contributed by atoms with E-state index < -0.39 is 34.2 Å². The highest BCUT2D eigenvalue weighted by Crippen LogP contribution is 2.43. The van der Waals surface area contributed by atoms with Gasteiger partial charge in [0.15, 0.2) is 5.75 Å². The number of aryl methyl sites for hydroxylation is 2. The fourth-order valence-electron chi connectivity index (χ4n) is 6.13. The number of carbonyl (C=O) groups is 4. The first-order valence-electron chi connectivity index (χ1n) is 16.9. The Morgan fingerprint density at radius 2 is 1.61 bits per heavy atom. The van der Waals surface area contributed by atoms with Crippen LogP contribution in [0.4, 0.5) is 27.5 Å². The Morgan fingerprint density at radius 3 is 2.28 bits per heavy atom. The molecule has 1 unspecified atom stereocenters. The maximum atomic E-state index is 14.5. The standard InChI is InChI=1S/C40H37N5O9/c1-24-14-16-27(17-15-24)43-22-40(4,23-53-26(3)46)38(49)44(43)39(50)42(5)33-20-28(45(51)52)18-19-34(33)54-35-21-31(36(47)30-12-8-7-11-29(30)35)37(48)41-32-13-9-6-10-25(32)2/h6-21,47H,22-23H2,1-5H3,(H,41,48). The SMILES string of the molecule is CC(=O)OCC1(C)CN(c2ccc(C)cc2)N(C(=O)N(C)c2cc([N+](=O)[O-])ccc2Oc2cc(C(=O)Nc3ccccc3C)c(O)c3ccccc23)C1=O. The number of nitro groups is 1. The molecule has 276 valence electrons. The van der Waals surface area contributed by atoms with Crippen molar-refractivity contribution in [2.75, 3.05) is 35.4 Å². The molecule has 5 aromatic carbocycles. The van der Waals surface area contributed by atoms with E-state index in [1.54, 1.807) is 55.5 Å². The number of hydrazine groups is 1. The molecule has 1 atom stereocenters. The molecule has 0 aromatic heterocycles. The number of anilines is 3. The van der Waals surface area contributed by atoms with E-state index in [4.69, 9.17) is 9.47 Å². The molecule has 2 N–H and O–H groups in total. The Morgan fingerprint density at radius 1 is 0.944 bits per heavy atom. The molecular weight excluding hydrogens is 694 g/mol. The fraction of sp³-hybridized carbons (Fsp3) is 0.200. The van der Waals surface area contributed by atoms with Crippen molar-refractivity contribution >= 4 is 57.3 Å². The van der Waals surface area contributed by atoms with E-state index in [2.05, 4.69) is 5.32 Å². The molecule has 14 heteroatoms. The Labute approximate surface area is 310 Å². The third-order valence-corrected chi connectivity index (χ3v) is 9.19. The van der Waals surface area contributed by atoms with E-state index in [0.717, 1.165) is 27.1 Å². The number of hydrogen-bond acceptors (Lipinski definition) is 10. The number of non-ortho nitro benzene ring substituents is 1. The number of amides is 4. The van der Waals surface area contributed by atoms with Gasteiger partial charge in [-0.2, -0.15) is 5.01 Å². The summed E-state index contributed by atoms with van der Waals surface area (Å²) in [6, 6.07) is 25.0. The fourth-order valence-corrected chi connectivity index (χ4v) is 6.13. The highest BCUT2D eigenvalue weighted by molar-refractivity contribution is 6.12. The molecular formula is C40H37N5O9. The van der Waals surface area contributed by atoms with Crippen molar-refractivity contribution in [1.82, 2.24) is 5.01 Å². The van der Waals surface area contributed by atoms with Gasteiger partial charge in [-0.3, -0.25) is 34.4 Å². The average Bonchev–Trinajstić information content (AvgIpc) is 3.42. The van der Waals surface area contributed by atoms with Crippen LogP contribution in [0.1, 0.15) is 35.3 Å². The van der Waals surface area contributed by atoms with Crippen molar-refractivity contribution in [2.45, 2.75) is 27.7 Å². The average molecular weight is 732 g/mol. The molecule has 1 saturated heterocycles. The number of ether oxygens (including phenoxy) is 2. The van der Waals surface area contributed by atoms with Crippen LogP contribution in [0, 0.1) is 29.4 Å². The number of esters is 1. The number of aromatic hydroxyl groups is 1. The summed E-state index contributed by atoms with van der Waals surface area (Å²) in [4.78, 5) is 66.3. The van der Waals surface area contributed by atoms with Crippen molar-refractivity contribution in [2.24, 2.45) is 5.41 Å². The van der Waals surface area contributed by atoms with Crippen LogP contribution in [-0.4, -0.2) is 59.1 Å². The molecule has 14 nitrogen and oxygen atoms in total. The third kappa shape index (κ3) is 7.08. The number of benzene rings is 5. The van der Waals surface area contributed by atoms with Gasteiger partial charge >= 0.3 is 12.0 Å². The zero-order chi connectivity index (χ0) is 38.9. The van der Waals surface area contributed by atoms with E-state index >= 15 is 0 Å². The second-order valence-corrected chi connectivity index (χ2v) is 13.3. The summed E-state index contributed by atoms with van der Waals surface area (Å²) in [6.45, 7) is 6.20. The van der Waals surface area contributed by atoms with Crippen molar-refractivity contribution < 1.29 is 38.7 Å². The normalized spacial score (nSPS) is 15.2. The first kappa shape index (κ1) is 36.8. The molecule has 1 heterocycles. The highest BCUT2D eigenvalue weighted by Gasteiger charge is 2.52. The highest BCUT2D eigenvalue weighted by atomic mass is 16.6. The molecule has 4 amide bonds. The number of fused-ring (bicyclic) bond motifs is 1. The Hall–Kier alpha value is -6.96. The van der Waals surface area contributed by atoms with E-state index in [-0.39, 0.29) is 47.3 Å². The van der Waals surface area contributed by atoms with Gasteiger partial charge in [-0.1, -0.05) is 60.2 Å². The van der Waals surface area contributed by atoms with Gasteiger partial charge in [0.2, 0.25) is 0 Å². The zero-order valence-corrected chi connectivity index (χ0v) is 30.2. The summed E-state index contributed by atoms with van der Waals surface area (Å²) >= 11 is 0. The van der Waals surface area contributed by atoms with Gasteiger partial charge in [0.05, 0.1) is 28.4 Å². The lowest BCUT2D eigenvalue weighted by Gasteiger charge is -2.31. The quantitative estimate of drug-likeness (QED) is 0.0878. The maximum absolute atomic E-state index is 14.5. The Balaban J connectivity index is 1.42. The predicted molar refractivity (Wildman–Crippen MR) is 202 cm³/mol. The van der Waals surface area contributed by atoms with E-state index in [1.165, 1.54) is 37.2 Å². The van der Waals surface area contributed by atoms with Crippen molar-refractivity contribution in [3.05, 3.63) is 124 Å². The first-order valence-corrected chi connectivity index (χ1v) is 16.9. The van der Waals surface area contributed by atoms with Gasteiger partial charge in [-0.25, -0.2) is 4.79 Å². The molecule has 54 heavy (non-hydrogen) atoms. The third-order valence-electron chi connectivity index (χ3n) is 9.19. The summed E-state index contributed by atoms with van der Waals surface area (Å²) < 4.78 is 11.6. The van der Waals surface area contributed by atoms with Gasteiger partial charge in [0.25, 0.3) is 17.5 Å². The van der Waals surface area contributed by atoms with Crippen LogP contribution < -0.4 is 20.0 Å². The molecule has 6 rings (SSSR count). The molecule has 1 aliphatic heterocycles. The second-order valence-electron chi connectivity index (χ2n) is 13.3. The van der Waals surface area contributed by atoms with Gasteiger partial charge in [0.1, 0.15) is 23.5 Å². The lowest BCUT2D eigenvalue weighted by Crippen LogP contribution is -2.50. The minimum atomic E-state index is -1.32. The van der Waals surface area contributed by atoms with Crippen LogP contribution >= 0.6 is 0 Å². The summed E-state index contributed by atoms with van der Waals surface area (Å²) in [5, 5.41) is 29.1. The van der Waals surface area contributed by atoms with E-state index in [0.29, 0.717) is 22.1 Å². The summed E-state index contributed by atoms with van der Waals surface area (Å²) in [7, 11) is 1.34. The number of para-hydroxylation sites is 1. The van der Waals surface area contributed by atoms with Crippen molar-refractivity contribution in [1.29, 1.82) is 0 Å². The summed E-state index contributed by atoms with van der Waals surface area (Å²) in [6.07, 6.45) is 0. The number of hydrogen-bond donors (Lipinski definition) is 2. The largest absolute Gasteiger partial charge is 0.506 e. The van der Waals surface area contributed by atoms with Gasteiger partial charge in [-0.05, 0) is 56.7 Å². The summed E-state index contributed by atoms with van der Waals surface area (Å²) in [5.41, 5.74) is 0.905. The lowest BCUT2D eigenvalue weighted by molar-refractivity contribution is -0.384. The van der Waals surface area contributed by atoms with Gasteiger partial charge in [-0.15, -0.1) is 0 Å². The Kier molecular flexibility index (Phi) is 9.94. The smallest absolute Gasteiger partial charge is 0.350 e. The number of phenolic OH excluding ortho intramolecular Hbond substituents is 1. The van der Waals surface area contributed by atoms with Gasteiger partial charge in [0, 0.05) is 42.6 Å². The van der Waals surface area contributed by atoms with Crippen molar-refractivity contribution in [3.63, 3.8) is 0 Å². The number of nitrogens with one attached hydrogen (secondary N) is 1. The van der Waals surface area contributed by atoms with E-state index in [1.807, 2.05) is 38.1 Å². The second kappa shape index (κ2) is 14.6. The summed E-state index contributed by atoms with van der Waals surface area (Å²) in [5.74, 6) is -2.10. The number of phenols is 1. The number of urea groups is 1.